The lowest BCUT2D eigenvalue weighted by Gasteiger charge is -2.12. The first kappa shape index (κ1) is 13.5. The molecule has 6 heteroatoms. The zero-order valence-corrected chi connectivity index (χ0v) is 10.9. The van der Waals surface area contributed by atoms with Gasteiger partial charge in [0.2, 0.25) is 0 Å². The number of oxime groups is 1. The van der Waals surface area contributed by atoms with E-state index < -0.39 is 0 Å². The number of benzene rings is 1. The molecule has 0 saturated heterocycles. The minimum atomic E-state index is -0.287. The topological polar surface area (TPSA) is 101 Å². The number of carbonyl (C=O) groups excluding carboxylic acids is 1. The first-order valence-electron chi connectivity index (χ1n) is 5.92. The molecule has 0 saturated carbocycles. The van der Waals surface area contributed by atoms with Crippen LogP contribution in [0, 0.1) is 6.92 Å². The summed E-state index contributed by atoms with van der Waals surface area (Å²) < 4.78 is 0. The monoisotopic (exact) mass is 270 g/mol. The molecule has 0 spiro atoms. The second-order valence-electron chi connectivity index (χ2n) is 4.17. The van der Waals surface area contributed by atoms with Gasteiger partial charge >= 0.3 is 0 Å². The maximum absolute atomic E-state index is 12.1. The van der Waals surface area contributed by atoms with Gasteiger partial charge in [0.15, 0.2) is 5.84 Å². The van der Waals surface area contributed by atoms with Crippen LogP contribution in [0.4, 0.5) is 5.69 Å². The SMILES string of the molecule is Cc1cccc(NC(=O)c2ccncc2)c1/C(N)=N/O. The first-order chi connectivity index (χ1) is 9.63. The fraction of sp³-hybridized carbons (Fsp3) is 0.0714. The molecule has 102 valence electrons. The zero-order chi connectivity index (χ0) is 14.5. The van der Waals surface area contributed by atoms with Gasteiger partial charge < -0.3 is 16.3 Å². The number of pyridine rings is 1. The Morgan fingerprint density at radius 2 is 2.00 bits per heavy atom. The van der Waals surface area contributed by atoms with Gasteiger partial charge in [-0.1, -0.05) is 17.3 Å². The lowest BCUT2D eigenvalue weighted by atomic mass is 10.1. The fourth-order valence-electron chi connectivity index (χ4n) is 1.86. The average molecular weight is 270 g/mol. The Morgan fingerprint density at radius 1 is 1.30 bits per heavy atom. The molecular weight excluding hydrogens is 256 g/mol. The third-order valence-corrected chi connectivity index (χ3v) is 2.83. The minimum Gasteiger partial charge on any atom is -0.409 e. The Bertz CT molecular complexity index is 653. The summed E-state index contributed by atoms with van der Waals surface area (Å²) >= 11 is 0. The van der Waals surface area contributed by atoms with Gasteiger partial charge in [0.25, 0.3) is 5.91 Å². The average Bonchev–Trinajstić information content (AvgIpc) is 2.47. The van der Waals surface area contributed by atoms with Crippen LogP contribution in [0.5, 0.6) is 0 Å². The highest BCUT2D eigenvalue weighted by atomic mass is 16.4. The van der Waals surface area contributed by atoms with E-state index in [4.69, 9.17) is 10.9 Å². The van der Waals surface area contributed by atoms with Gasteiger partial charge in [0.1, 0.15) is 0 Å². The second-order valence-corrected chi connectivity index (χ2v) is 4.17. The molecule has 0 aliphatic heterocycles. The third kappa shape index (κ3) is 2.74. The standard InChI is InChI=1S/C14H14N4O2/c1-9-3-2-4-11(12(9)13(15)18-20)17-14(19)10-5-7-16-8-6-10/h2-8,20H,1H3,(H2,15,18)(H,17,19). The molecule has 0 aliphatic carbocycles. The van der Waals surface area contributed by atoms with Gasteiger partial charge in [-0.3, -0.25) is 9.78 Å². The number of nitrogens with zero attached hydrogens (tertiary/aromatic N) is 2. The summed E-state index contributed by atoms with van der Waals surface area (Å²) in [7, 11) is 0. The van der Waals surface area contributed by atoms with Gasteiger partial charge in [-0.15, -0.1) is 0 Å². The molecule has 0 bridgehead atoms. The van der Waals surface area contributed by atoms with Gasteiger partial charge in [0.05, 0.1) is 5.69 Å². The molecule has 20 heavy (non-hydrogen) atoms. The van der Waals surface area contributed by atoms with Crippen molar-refractivity contribution in [2.75, 3.05) is 5.32 Å². The first-order valence-corrected chi connectivity index (χ1v) is 5.92. The van der Waals surface area contributed by atoms with Crippen LogP contribution in [0.25, 0.3) is 0 Å². The van der Waals surface area contributed by atoms with E-state index in [0.29, 0.717) is 16.8 Å². The number of nitrogens with two attached hydrogens (primary N) is 1. The van der Waals surface area contributed by atoms with E-state index in [2.05, 4.69) is 15.5 Å². The summed E-state index contributed by atoms with van der Waals surface area (Å²) in [6.45, 7) is 1.81. The predicted molar refractivity (Wildman–Crippen MR) is 75.9 cm³/mol. The normalized spacial score (nSPS) is 11.2. The van der Waals surface area contributed by atoms with Crippen LogP contribution < -0.4 is 11.1 Å². The zero-order valence-electron chi connectivity index (χ0n) is 10.9. The number of aryl methyl sites for hydroxylation is 1. The van der Waals surface area contributed by atoms with Crippen molar-refractivity contribution in [2.45, 2.75) is 6.92 Å². The van der Waals surface area contributed by atoms with E-state index in [9.17, 15) is 4.79 Å². The summed E-state index contributed by atoms with van der Waals surface area (Å²) in [5.41, 5.74) is 7.91. The highest BCUT2D eigenvalue weighted by Gasteiger charge is 2.13. The van der Waals surface area contributed by atoms with Crippen molar-refractivity contribution in [3.8, 4) is 0 Å². The predicted octanol–water partition coefficient (Wildman–Crippen LogP) is 1.74. The van der Waals surface area contributed by atoms with E-state index in [1.807, 2.05) is 13.0 Å². The van der Waals surface area contributed by atoms with E-state index >= 15 is 0 Å². The summed E-state index contributed by atoms with van der Waals surface area (Å²) in [6, 6.07) is 8.50. The number of carbonyl (C=O) groups is 1. The fourth-order valence-corrected chi connectivity index (χ4v) is 1.86. The number of amides is 1. The Labute approximate surface area is 115 Å². The van der Waals surface area contributed by atoms with Crippen LogP contribution in [0.15, 0.2) is 47.9 Å². The number of amidine groups is 1. The van der Waals surface area contributed by atoms with Crippen molar-refractivity contribution >= 4 is 17.4 Å². The number of hydrogen-bond acceptors (Lipinski definition) is 4. The molecule has 0 fully saturated rings. The van der Waals surface area contributed by atoms with Crippen LogP contribution >= 0.6 is 0 Å². The molecule has 2 rings (SSSR count). The number of aromatic nitrogens is 1. The second kappa shape index (κ2) is 5.83. The van der Waals surface area contributed by atoms with Crippen molar-refractivity contribution in [3.63, 3.8) is 0 Å². The molecule has 0 atom stereocenters. The summed E-state index contributed by atoms with van der Waals surface area (Å²) in [5, 5.41) is 14.6. The molecule has 1 aromatic heterocycles. The Balaban J connectivity index is 2.35. The van der Waals surface area contributed by atoms with E-state index in [0.717, 1.165) is 5.56 Å². The molecular formula is C14H14N4O2. The van der Waals surface area contributed by atoms with Crippen molar-refractivity contribution in [1.29, 1.82) is 0 Å². The Hall–Kier alpha value is -2.89. The lowest BCUT2D eigenvalue weighted by Crippen LogP contribution is -2.20. The highest BCUT2D eigenvalue weighted by Crippen LogP contribution is 2.20. The van der Waals surface area contributed by atoms with Gasteiger partial charge in [-0.2, -0.15) is 0 Å². The highest BCUT2D eigenvalue weighted by molar-refractivity contribution is 6.10. The Kier molecular flexibility index (Phi) is 3.95. The van der Waals surface area contributed by atoms with E-state index in [-0.39, 0.29) is 11.7 Å². The smallest absolute Gasteiger partial charge is 0.255 e. The summed E-state index contributed by atoms with van der Waals surface area (Å²) in [5.74, 6) is -0.335. The van der Waals surface area contributed by atoms with Crippen LogP contribution in [0.1, 0.15) is 21.5 Å². The number of rotatable bonds is 3. The maximum atomic E-state index is 12.1. The van der Waals surface area contributed by atoms with Crippen LogP contribution in [-0.2, 0) is 0 Å². The van der Waals surface area contributed by atoms with Gasteiger partial charge in [-0.25, -0.2) is 0 Å². The molecule has 1 heterocycles. The number of hydrogen-bond donors (Lipinski definition) is 3. The van der Waals surface area contributed by atoms with Crippen LogP contribution in [-0.4, -0.2) is 21.9 Å². The van der Waals surface area contributed by atoms with Crippen molar-refractivity contribution < 1.29 is 10.0 Å². The quantitative estimate of drug-likeness (QED) is 0.342. The van der Waals surface area contributed by atoms with Crippen LogP contribution in [0.3, 0.4) is 0 Å². The molecule has 2 aromatic rings. The van der Waals surface area contributed by atoms with E-state index in [1.54, 1.807) is 24.3 Å². The summed E-state index contributed by atoms with van der Waals surface area (Å²) in [6.07, 6.45) is 3.07. The molecule has 0 aliphatic rings. The Morgan fingerprint density at radius 3 is 2.65 bits per heavy atom. The summed E-state index contributed by atoms with van der Waals surface area (Å²) in [4.78, 5) is 16.0. The third-order valence-electron chi connectivity index (χ3n) is 2.83. The van der Waals surface area contributed by atoms with Crippen molar-refractivity contribution in [1.82, 2.24) is 4.98 Å². The maximum Gasteiger partial charge on any atom is 0.255 e. The van der Waals surface area contributed by atoms with Crippen LogP contribution in [0.2, 0.25) is 0 Å². The molecule has 0 radical (unpaired) electrons. The number of anilines is 1. The molecule has 6 nitrogen and oxygen atoms in total. The largest absolute Gasteiger partial charge is 0.409 e. The van der Waals surface area contributed by atoms with Gasteiger partial charge in [-0.05, 0) is 30.7 Å². The van der Waals surface area contributed by atoms with E-state index in [1.165, 1.54) is 12.4 Å². The minimum absolute atomic E-state index is 0.0480. The van der Waals surface area contributed by atoms with Crippen molar-refractivity contribution in [2.24, 2.45) is 10.9 Å². The molecule has 4 N–H and O–H groups in total. The molecule has 1 amide bonds. The molecule has 1 aromatic carbocycles. The lowest BCUT2D eigenvalue weighted by molar-refractivity contribution is 0.102. The van der Waals surface area contributed by atoms with Gasteiger partial charge in [0, 0.05) is 23.5 Å². The number of nitrogens with one attached hydrogen (secondary N) is 1. The van der Waals surface area contributed by atoms with Crippen molar-refractivity contribution in [3.05, 3.63) is 59.4 Å². The molecule has 0 unspecified atom stereocenters.